The van der Waals surface area contributed by atoms with Crippen LogP contribution in [0.15, 0.2) is 60.7 Å². The van der Waals surface area contributed by atoms with Crippen molar-refractivity contribution in [2.45, 2.75) is 6.42 Å². The molecule has 0 heterocycles. The van der Waals surface area contributed by atoms with Crippen molar-refractivity contribution in [3.63, 3.8) is 0 Å². The summed E-state index contributed by atoms with van der Waals surface area (Å²) < 4.78 is 0. The van der Waals surface area contributed by atoms with E-state index in [4.69, 9.17) is 5.73 Å². The smallest absolute Gasteiger partial charge is 0.193 e. The molecule has 0 saturated carbocycles. The molecule has 0 saturated heterocycles. The van der Waals surface area contributed by atoms with E-state index in [1.807, 2.05) is 66.7 Å². The molecule has 2 aromatic rings. The van der Waals surface area contributed by atoms with Gasteiger partial charge >= 0.3 is 0 Å². The highest BCUT2D eigenvalue weighted by Crippen LogP contribution is 2.16. The summed E-state index contributed by atoms with van der Waals surface area (Å²) in [6.45, 7) is 0.616. The largest absolute Gasteiger partial charge is 0.330 e. The maximum atomic E-state index is 12.4. The van der Waals surface area contributed by atoms with Gasteiger partial charge in [-0.25, -0.2) is 0 Å². The van der Waals surface area contributed by atoms with Gasteiger partial charge in [0.15, 0.2) is 5.78 Å². The molecule has 2 rings (SSSR count). The molecule has 0 aliphatic carbocycles. The first-order valence-corrected chi connectivity index (χ1v) is 6.38. The van der Waals surface area contributed by atoms with Gasteiger partial charge in [0.25, 0.3) is 0 Å². The van der Waals surface area contributed by atoms with E-state index in [1.54, 1.807) is 0 Å². The average Bonchev–Trinajstić information content (AvgIpc) is 2.48. The molecule has 0 unspecified atom stereocenters. The Labute approximate surface area is 113 Å². The fraction of sp³-hybridized carbons (Fsp3) is 0.118. The Morgan fingerprint density at radius 2 is 1.68 bits per heavy atom. The third kappa shape index (κ3) is 3.39. The van der Waals surface area contributed by atoms with Crippen LogP contribution in [-0.2, 0) is 0 Å². The Balaban J connectivity index is 2.32. The van der Waals surface area contributed by atoms with Crippen LogP contribution in [-0.4, -0.2) is 12.3 Å². The van der Waals surface area contributed by atoms with Crippen molar-refractivity contribution in [1.82, 2.24) is 0 Å². The van der Waals surface area contributed by atoms with Crippen LogP contribution in [0.3, 0.4) is 0 Å². The van der Waals surface area contributed by atoms with Gasteiger partial charge in [-0.3, -0.25) is 4.79 Å². The van der Waals surface area contributed by atoms with Crippen LogP contribution in [0.4, 0.5) is 0 Å². The van der Waals surface area contributed by atoms with E-state index in [0.29, 0.717) is 12.1 Å². The zero-order valence-corrected chi connectivity index (χ0v) is 10.8. The van der Waals surface area contributed by atoms with E-state index in [9.17, 15) is 4.79 Å². The van der Waals surface area contributed by atoms with Gasteiger partial charge in [-0.15, -0.1) is 0 Å². The quantitative estimate of drug-likeness (QED) is 0.829. The highest BCUT2D eigenvalue weighted by molar-refractivity contribution is 6.10. The van der Waals surface area contributed by atoms with E-state index in [0.717, 1.165) is 17.5 Å². The van der Waals surface area contributed by atoms with Crippen molar-refractivity contribution >= 4 is 11.9 Å². The maximum Gasteiger partial charge on any atom is 0.193 e. The molecule has 96 valence electrons. The lowest BCUT2D eigenvalue weighted by atomic mass is 9.98. The third-order valence-electron chi connectivity index (χ3n) is 2.87. The minimum atomic E-state index is 0.0496. The van der Waals surface area contributed by atoms with Crippen molar-refractivity contribution in [2.24, 2.45) is 5.73 Å². The molecule has 0 aromatic heterocycles. The molecule has 0 fully saturated rings. The summed E-state index contributed by atoms with van der Waals surface area (Å²) in [5, 5.41) is 0. The van der Waals surface area contributed by atoms with Crippen LogP contribution >= 0.6 is 0 Å². The summed E-state index contributed by atoms with van der Waals surface area (Å²) in [5.74, 6) is 0.0496. The van der Waals surface area contributed by atoms with Gasteiger partial charge in [-0.2, -0.15) is 0 Å². The highest BCUT2D eigenvalue weighted by Gasteiger charge is 2.10. The molecule has 0 atom stereocenters. The van der Waals surface area contributed by atoms with E-state index >= 15 is 0 Å². The van der Waals surface area contributed by atoms with Crippen molar-refractivity contribution < 1.29 is 4.79 Å². The number of rotatable bonds is 5. The Bertz CT molecular complexity index is 573. The summed E-state index contributed by atoms with van der Waals surface area (Å²) in [6.07, 6.45) is 4.77. The number of carbonyl (C=O) groups is 1. The molecule has 2 nitrogen and oxygen atoms in total. The van der Waals surface area contributed by atoms with Gasteiger partial charge in [-0.1, -0.05) is 66.7 Å². The van der Waals surface area contributed by atoms with Gasteiger partial charge < -0.3 is 5.73 Å². The van der Waals surface area contributed by atoms with E-state index in [2.05, 4.69) is 0 Å². The Morgan fingerprint density at radius 3 is 2.42 bits per heavy atom. The first kappa shape index (κ1) is 13.2. The Morgan fingerprint density at radius 1 is 1.00 bits per heavy atom. The first-order chi connectivity index (χ1) is 9.33. The molecule has 19 heavy (non-hydrogen) atoms. The van der Waals surface area contributed by atoms with Crippen molar-refractivity contribution in [1.29, 1.82) is 0 Å². The van der Waals surface area contributed by atoms with Crippen molar-refractivity contribution in [3.8, 4) is 0 Å². The molecule has 0 amide bonds. The molecular formula is C17H17NO. The fourth-order valence-electron chi connectivity index (χ4n) is 1.90. The Kier molecular flexibility index (Phi) is 4.65. The molecule has 0 spiro atoms. The summed E-state index contributed by atoms with van der Waals surface area (Å²) in [5.41, 5.74) is 7.83. The number of hydrogen-bond acceptors (Lipinski definition) is 2. The minimum Gasteiger partial charge on any atom is -0.330 e. The fourth-order valence-corrected chi connectivity index (χ4v) is 1.90. The molecule has 0 aliphatic rings. The lowest BCUT2D eigenvalue weighted by Gasteiger charge is -2.05. The van der Waals surface area contributed by atoms with E-state index < -0.39 is 0 Å². The number of benzene rings is 2. The van der Waals surface area contributed by atoms with E-state index in [-0.39, 0.29) is 5.78 Å². The lowest BCUT2D eigenvalue weighted by Crippen LogP contribution is -2.03. The van der Waals surface area contributed by atoms with Gasteiger partial charge in [-0.05, 0) is 18.5 Å². The van der Waals surface area contributed by atoms with Crippen molar-refractivity contribution in [3.05, 3.63) is 77.4 Å². The molecule has 0 radical (unpaired) electrons. The van der Waals surface area contributed by atoms with Crippen LogP contribution in [0.25, 0.3) is 6.08 Å². The van der Waals surface area contributed by atoms with Crippen LogP contribution in [0.2, 0.25) is 0 Å². The van der Waals surface area contributed by atoms with Crippen LogP contribution < -0.4 is 5.73 Å². The third-order valence-corrected chi connectivity index (χ3v) is 2.87. The van der Waals surface area contributed by atoms with Gasteiger partial charge in [0.2, 0.25) is 0 Å². The molecule has 2 aromatic carbocycles. The number of hydrogen-bond donors (Lipinski definition) is 1. The number of ketones is 1. The van der Waals surface area contributed by atoms with Crippen molar-refractivity contribution in [2.75, 3.05) is 6.54 Å². The molecule has 2 N–H and O–H groups in total. The highest BCUT2D eigenvalue weighted by atomic mass is 16.1. The van der Waals surface area contributed by atoms with Crippen LogP contribution in [0.5, 0.6) is 0 Å². The van der Waals surface area contributed by atoms with Crippen LogP contribution in [0.1, 0.15) is 27.9 Å². The summed E-state index contributed by atoms with van der Waals surface area (Å²) in [6, 6.07) is 17.0. The summed E-state index contributed by atoms with van der Waals surface area (Å²) in [7, 11) is 0. The lowest BCUT2D eigenvalue weighted by molar-refractivity contribution is 0.103. The predicted octanol–water partition coefficient (Wildman–Crippen LogP) is 3.28. The zero-order valence-electron chi connectivity index (χ0n) is 10.8. The van der Waals surface area contributed by atoms with Gasteiger partial charge in [0.05, 0.1) is 0 Å². The summed E-state index contributed by atoms with van der Waals surface area (Å²) in [4.78, 5) is 12.4. The zero-order chi connectivity index (χ0) is 13.5. The monoisotopic (exact) mass is 251 g/mol. The summed E-state index contributed by atoms with van der Waals surface area (Å²) >= 11 is 0. The normalized spacial score (nSPS) is 10.8. The number of carbonyl (C=O) groups excluding carboxylic acids is 1. The van der Waals surface area contributed by atoms with Crippen LogP contribution in [0, 0.1) is 0 Å². The molecule has 0 aliphatic heterocycles. The second-order valence-corrected chi connectivity index (χ2v) is 4.26. The molecule has 2 heteroatoms. The van der Waals surface area contributed by atoms with Gasteiger partial charge in [0.1, 0.15) is 0 Å². The SMILES string of the molecule is NCCC=Cc1ccccc1C(=O)c1ccccc1. The topological polar surface area (TPSA) is 43.1 Å². The minimum absolute atomic E-state index is 0.0496. The predicted molar refractivity (Wildman–Crippen MR) is 79.0 cm³/mol. The second-order valence-electron chi connectivity index (χ2n) is 4.26. The number of nitrogens with two attached hydrogens (primary N) is 1. The first-order valence-electron chi connectivity index (χ1n) is 6.38. The maximum absolute atomic E-state index is 12.4. The standard InChI is InChI=1S/C17H17NO/c18-13-7-6-9-14-8-4-5-12-16(14)17(19)15-10-2-1-3-11-15/h1-6,8-12H,7,13,18H2. The average molecular weight is 251 g/mol. The van der Waals surface area contributed by atoms with Gasteiger partial charge in [0, 0.05) is 11.1 Å². The second kappa shape index (κ2) is 6.66. The Hall–Kier alpha value is -2.19. The van der Waals surface area contributed by atoms with E-state index in [1.165, 1.54) is 0 Å². The molecule has 0 bridgehead atoms. The molecular weight excluding hydrogens is 234 g/mol.